The number of nitrogens with one attached hydrogen (secondary N) is 1. The van der Waals surface area contributed by atoms with Gasteiger partial charge in [0.2, 0.25) is 11.8 Å². The second kappa shape index (κ2) is 8.37. The van der Waals surface area contributed by atoms with Crippen molar-refractivity contribution in [3.8, 4) is 0 Å². The van der Waals surface area contributed by atoms with Gasteiger partial charge in [-0.2, -0.15) is 0 Å². The lowest BCUT2D eigenvalue weighted by molar-refractivity contribution is -0.136. The fourth-order valence-electron chi connectivity index (χ4n) is 9.28. The molecule has 192 valence electrons. The van der Waals surface area contributed by atoms with Crippen LogP contribution in [0.25, 0.3) is 0 Å². The molecule has 3 amide bonds. The van der Waals surface area contributed by atoms with Crippen LogP contribution in [0.5, 0.6) is 0 Å². The van der Waals surface area contributed by atoms with E-state index in [0.29, 0.717) is 23.9 Å². The number of halogens is 1. The molecule has 3 aliphatic heterocycles. The molecule has 2 saturated heterocycles. The molecule has 0 aromatic heterocycles. The van der Waals surface area contributed by atoms with Gasteiger partial charge in [-0.1, -0.05) is 6.07 Å². The van der Waals surface area contributed by atoms with Crippen molar-refractivity contribution in [2.45, 2.75) is 82.7 Å². The molecule has 1 atom stereocenters. The van der Waals surface area contributed by atoms with Crippen LogP contribution in [0.1, 0.15) is 91.6 Å². The fraction of sp³-hybridized carbons (Fsp3) is 0.690. The molecule has 1 aromatic rings. The Bertz CT molecular complexity index is 1090. The maximum Gasteiger partial charge on any atom is 0.255 e. The quantitative estimate of drug-likeness (QED) is 0.645. The van der Waals surface area contributed by atoms with E-state index in [2.05, 4.69) is 10.2 Å². The Morgan fingerprint density at radius 1 is 0.944 bits per heavy atom. The average Bonchev–Trinajstić information content (AvgIpc) is 3.13. The molecule has 6 nitrogen and oxygen atoms in total. The van der Waals surface area contributed by atoms with Crippen molar-refractivity contribution in [3.63, 3.8) is 0 Å². The number of likely N-dealkylation sites (tertiary alicyclic amines) is 1. The molecule has 4 bridgehead atoms. The number of rotatable bonds is 4. The van der Waals surface area contributed by atoms with Gasteiger partial charge in [-0.3, -0.25) is 19.7 Å². The van der Waals surface area contributed by atoms with Crippen LogP contribution in [0, 0.1) is 29.0 Å². The van der Waals surface area contributed by atoms with Crippen molar-refractivity contribution in [1.82, 2.24) is 15.1 Å². The molecule has 3 heterocycles. The third kappa shape index (κ3) is 3.80. The van der Waals surface area contributed by atoms with E-state index >= 15 is 4.39 Å². The van der Waals surface area contributed by atoms with Gasteiger partial charge in [0.05, 0.1) is 0 Å². The molecular formula is C29H36FN3O3. The van der Waals surface area contributed by atoms with Crippen molar-refractivity contribution in [2.24, 2.45) is 23.2 Å². The Morgan fingerprint density at radius 2 is 1.61 bits per heavy atom. The van der Waals surface area contributed by atoms with E-state index in [-0.39, 0.29) is 30.0 Å². The van der Waals surface area contributed by atoms with E-state index in [1.54, 1.807) is 0 Å². The summed E-state index contributed by atoms with van der Waals surface area (Å²) in [6, 6.07) is 2.61. The summed E-state index contributed by atoms with van der Waals surface area (Å²) in [6.45, 7) is 3.57. The van der Waals surface area contributed by atoms with Crippen LogP contribution >= 0.6 is 0 Å². The Hall–Kier alpha value is -2.28. The molecule has 8 rings (SSSR count). The maximum atomic E-state index is 15.3. The van der Waals surface area contributed by atoms with Gasteiger partial charge in [-0.05, 0) is 117 Å². The zero-order valence-corrected chi connectivity index (χ0v) is 20.9. The number of fused-ring (bicyclic) bond motifs is 1. The zero-order valence-electron chi connectivity index (χ0n) is 20.9. The summed E-state index contributed by atoms with van der Waals surface area (Å²) < 4.78 is 15.3. The lowest BCUT2D eigenvalue weighted by Gasteiger charge is -2.58. The molecule has 4 aliphatic carbocycles. The molecule has 36 heavy (non-hydrogen) atoms. The first-order chi connectivity index (χ1) is 17.4. The van der Waals surface area contributed by atoms with E-state index in [9.17, 15) is 14.4 Å². The smallest absolute Gasteiger partial charge is 0.255 e. The zero-order chi connectivity index (χ0) is 24.6. The van der Waals surface area contributed by atoms with Crippen molar-refractivity contribution in [3.05, 3.63) is 34.6 Å². The number of imide groups is 1. The van der Waals surface area contributed by atoms with Gasteiger partial charge in [-0.25, -0.2) is 4.39 Å². The van der Waals surface area contributed by atoms with Gasteiger partial charge in [0.15, 0.2) is 0 Å². The van der Waals surface area contributed by atoms with Crippen molar-refractivity contribution < 1.29 is 18.8 Å². The highest BCUT2D eigenvalue weighted by molar-refractivity contribution is 6.05. The number of piperidine rings is 2. The van der Waals surface area contributed by atoms with Gasteiger partial charge < -0.3 is 9.80 Å². The van der Waals surface area contributed by atoms with Crippen LogP contribution < -0.4 is 5.32 Å². The number of carbonyl (C=O) groups excluding carboxylic acids is 3. The second-order valence-electron chi connectivity index (χ2n) is 12.9. The predicted octanol–water partition coefficient (Wildman–Crippen LogP) is 3.98. The molecule has 0 spiro atoms. The Morgan fingerprint density at radius 3 is 2.25 bits per heavy atom. The second-order valence-corrected chi connectivity index (χ2v) is 12.9. The summed E-state index contributed by atoms with van der Waals surface area (Å²) in [5, 5.41) is 2.33. The van der Waals surface area contributed by atoms with Crippen LogP contribution in [-0.2, 0) is 16.1 Å². The van der Waals surface area contributed by atoms with Gasteiger partial charge in [0, 0.05) is 25.1 Å². The normalized spacial score (nSPS) is 36.5. The largest absolute Gasteiger partial charge is 0.322 e. The summed E-state index contributed by atoms with van der Waals surface area (Å²) in [7, 11) is 0. The van der Waals surface area contributed by atoms with Crippen LogP contribution in [0.4, 0.5) is 4.39 Å². The third-order valence-corrected chi connectivity index (χ3v) is 10.4. The SMILES string of the molecule is O=C1CCC(N2Cc3cc(C4CCN(CC56CC7CC(CC(C7)C5)C6)CC4)c(F)cc3C2=O)C(=O)N1. The number of hydrogen-bond acceptors (Lipinski definition) is 4. The van der Waals surface area contributed by atoms with E-state index in [1.165, 1.54) is 56.0 Å². The minimum absolute atomic E-state index is 0.169. The Balaban J connectivity index is 1.02. The Labute approximate surface area is 212 Å². The van der Waals surface area contributed by atoms with Crippen LogP contribution in [0.2, 0.25) is 0 Å². The van der Waals surface area contributed by atoms with Crippen LogP contribution in [0.3, 0.4) is 0 Å². The average molecular weight is 494 g/mol. The fourth-order valence-corrected chi connectivity index (χ4v) is 9.28. The molecule has 7 aliphatic rings. The van der Waals surface area contributed by atoms with Gasteiger partial charge >= 0.3 is 0 Å². The highest BCUT2D eigenvalue weighted by Gasteiger charge is 2.51. The van der Waals surface area contributed by atoms with Gasteiger partial charge in [0.25, 0.3) is 5.91 Å². The molecule has 4 saturated carbocycles. The summed E-state index contributed by atoms with van der Waals surface area (Å²) in [5.41, 5.74) is 2.43. The topological polar surface area (TPSA) is 69.7 Å². The number of hydrogen-bond donors (Lipinski definition) is 1. The summed E-state index contributed by atoms with van der Waals surface area (Å²) in [4.78, 5) is 41.0. The lowest BCUT2D eigenvalue weighted by Crippen LogP contribution is -2.52. The summed E-state index contributed by atoms with van der Waals surface area (Å²) >= 11 is 0. The van der Waals surface area contributed by atoms with Crippen LogP contribution in [0.15, 0.2) is 12.1 Å². The Kier molecular flexibility index (Phi) is 5.32. The highest BCUT2D eigenvalue weighted by atomic mass is 19.1. The van der Waals surface area contributed by atoms with Gasteiger partial charge in [-0.15, -0.1) is 0 Å². The van der Waals surface area contributed by atoms with Crippen molar-refractivity contribution >= 4 is 17.7 Å². The molecule has 7 heteroatoms. The number of benzene rings is 1. The first-order valence-corrected chi connectivity index (χ1v) is 14.1. The highest BCUT2D eigenvalue weighted by Crippen LogP contribution is 2.60. The van der Waals surface area contributed by atoms with Crippen molar-refractivity contribution in [1.29, 1.82) is 0 Å². The molecule has 1 N–H and O–H groups in total. The minimum Gasteiger partial charge on any atom is -0.322 e. The van der Waals surface area contributed by atoms with Crippen LogP contribution in [-0.4, -0.2) is 53.2 Å². The molecule has 1 aromatic carbocycles. The first kappa shape index (κ1) is 22.9. The monoisotopic (exact) mass is 493 g/mol. The van der Waals surface area contributed by atoms with E-state index in [4.69, 9.17) is 0 Å². The van der Waals surface area contributed by atoms with Crippen molar-refractivity contribution in [2.75, 3.05) is 19.6 Å². The minimum atomic E-state index is -0.665. The van der Waals surface area contributed by atoms with E-state index in [0.717, 1.165) is 54.8 Å². The number of nitrogens with zero attached hydrogens (tertiary/aromatic N) is 2. The molecule has 6 fully saturated rings. The third-order valence-electron chi connectivity index (χ3n) is 10.4. The lowest BCUT2D eigenvalue weighted by atomic mass is 9.49. The standard InChI is InChI=1S/C29H36FN3O3/c30-24-11-23-21(15-33(28(23)36)25-1-2-26(34)31-27(25)35)10-22(24)20-3-5-32(6-4-20)16-29-12-17-7-18(13-29)9-19(8-17)14-29/h10-11,17-20,25H,1-9,12-16H2,(H,31,34,35). The predicted molar refractivity (Wildman–Crippen MR) is 131 cm³/mol. The van der Waals surface area contributed by atoms with E-state index < -0.39 is 11.9 Å². The number of carbonyl (C=O) groups is 3. The number of amides is 3. The molecule has 1 unspecified atom stereocenters. The molecular weight excluding hydrogens is 457 g/mol. The summed E-state index contributed by atoms with van der Waals surface area (Å²) in [5.74, 6) is 1.73. The maximum absolute atomic E-state index is 15.3. The first-order valence-electron chi connectivity index (χ1n) is 14.1. The summed E-state index contributed by atoms with van der Waals surface area (Å²) in [6.07, 6.45) is 11.1. The van der Waals surface area contributed by atoms with Gasteiger partial charge in [0.1, 0.15) is 11.9 Å². The molecule has 0 radical (unpaired) electrons. The van der Waals surface area contributed by atoms with E-state index in [1.807, 2.05) is 6.07 Å².